The molecule has 6 atom stereocenters. The summed E-state index contributed by atoms with van der Waals surface area (Å²) in [7, 11) is 0. The van der Waals surface area contributed by atoms with E-state index >= 15 is 0 Å². The molecule has 3 aliphatic rings. The number of ether oxygens (including phenoxy) is 4. The Kier molecular flexibility index (Phi) is 7.94. The van der Waals surface area contributed by atoms with Crippen LogP contribution in [0, 0.1) is 11.8 Å². The molecule has 3 rings (SSSR count). The average Bonchev–Trinajstić information content (AvgIpc) is 2.82. The molecule has 27 heavy (non-hydrogen) atoms. The zero-order valence-corrected chi connectivity index (χ0v) is 16.8. The van der Waals surface area contributed by atoms with E-state index in [1.807, 2.05) is 13.8 Å². The number of fused-ring (bicyclic) bond motifs is 1. The Morgan fingerprint density at radius 3 is 2.74 bits per heavy atom. The van der Waals surface area contributed by atoms with Gasteiger partial charge in [0.25, 0.3) is 0 Å². The monoisotopic (exact) mass is 384 g/mol. The third kappa shape index (κ3) is 5.89. The van der Waals surface area contributed by atoms with Crippen molar-refractivity contribution in [2.75, 3.05) is 13.2 Å². The number of aliphatic hydroxyl groups is 1. The Bertz CT molecular complexity index is 462. The van der Waals surface area contributed by atoms with Gasteiger partial charge >= 0.3 is 5.97 Å². The number of esters is 1. The first-order chi connectivity index (χ1) is 13.1. The van der Waals surface area contributed by atoms with Crippen molar-refractivity contribution in [2.45, 2.75) is 102 Å². The molecule has 0 aromatic heterocycles. The predicted molar refractivity (Wildman–Crippen MR) is 100 cm³/mol. The van der Waals surface area contributed by atoms with E-state index in [1.165, 1.54) is 0 Å². The van der Waals surface area contributed by atoms with Crippen molar-refractivity contribution < 1.29 is 28.8 Å². The molecule has 1 unspecified atom stereocenters. The van der Waals surface area contributed by atoms with Crippen LogP contribution in [0.3, 0.4) is 0 Å². The maximum atomic E-state index is 11.8. The fourth-order valence-electron chi connectivity index (χ4n) is 4.82. The van der Waals surface area contributed by atoms with Crippen molar-refractivity contribution in [2.24, 2.45) is 11.8 Å². The van der Waals surface area contributed by atoms with Crippen LogP contribution in [0.2, 0.25) is 0 Å². The van der Waals surface area contributed by atoms with Crippen LogP contribution in [0.1, 0.15) is 71.6 Å². The lowest BCUT2D eigenvalue weighted by Crippen LogP contribution is -2.33. The summed E-state index contributed by atoms with van der Waals surface area (Å²) in [4.78, 5) is 11.8. The van der Waals surface area contributed by atoms with Crippen molar-refractivity contribution in [1.29, 1.82) is 0 Å². The molecular formula is C21H36O6. The summed E-state index contributed by atoms with van der Waals surface area (Å²) in [6, 6.07) is 0. The largest absolute Gasteiger partial charge is 0.463 e. The lowest BCUT2D eigenvalue weighted by Gasteiger charge is -2.29. The number of carbonyl (C=O) groups excluding carboxylic acids is 1. The SMILES string of the molecule is CC(C)OC(=O)CC[C@H]1CCC[C@@H]2[C@@H](CO)[C@H](OC3CCCCO3)C[C@@H]2O1. The molecule has 6 heteroatoms. The normalized spacial score (nSPS) is 37.0. The first kappa shape index (κ1) is 21.0. The molecule has 0 spiro atoms. The van der Waals surface area contributed by atoms with E-state index in [1.54, 1.807) is 0 Å². The molecule has 6 nitrogen and oxygen atoms in total. The van der Waals surface area contributed by atoms with Gasteiger partial charge in [-0.1, -0.05) is 6.42 Å². The number of aliphatic hydroxyl groups excluding tert-OH is 1. The van der Waals surface area contributed by atoms with Crippen LogP contribution in [0.5, 0.6) is 0 Å². The summed E-state index contributed by atoms with van der Waals surface area (Å²) < 4.78 is 23.6. The van der Waals surface area contributed by atoms with E-state index in [9.17, 15) is 9.90 Å². The van der Waals surface area contributed by atoms with Crippen molar-refractivity contribution in [3.05, 3.63) is 0 Å². The van der Waals surface area contributed by atoms with E-state index in [0.29, 0.717) is 18.8 Å². The second kappa shape index (κ2) is 10.2. The van der Waals surface area contributed by atoms with Gasteiger partial charge in [-0.15, -0.1) is 0 Å². The van der Waals surface area contributed by atoms with Crippen LogP contribution in [0.15, 0.2) is 0 Å². The number of hydrogen-bond donors (Lipinski definition) is 1. The topological polar surface area (TPSA) is 74.2 Å². The van der Waals surface area contributed by atoms with E-state index in [2.05, 4.69) is 0 Å². The smallest absolute Gasteiger partial charge is 0.306 e. The lowest BCUT2D eigenvalue weighted by atomic mass is 9.90. The summed E-state index contributed by atoms with van der Waals surface area (Å²) in [6.07, 6.45) is 8.15. The second-order valence-electron chi connectivity index (χ2n) is 8.52. The molecule has 0 bridgehead atoms. The van der Waals surface area contributed by atoms with Crippen LogP contribution in [0.4, 0.5) is 0 Å². The third-order valence-corrected chi connectivity index (χ3v) is 6.11. The van der Waals surface area contributed by atoms with Gasteiger partial charge in [0.05, 0.1) is 24.4 Å². The molecule has 1 aliphatic carbocycles. The maximum absolute atomic E-state index is 11.8. The van der Waals surface area contributed by atoms with Crippen LogP contribution in [-0.4, -0.2) is 55.0 Å². The molecule has 0 radical (unpaired) electrons. The highest BCUT2D eigenvalue weighted by Crippen LogP contribution is 2.43. The van der Waals surface area contributed by atoms with Gasteiger partial charge in [-0.25, -0.2) is 0 Å². The van der Waals surface area contributed by atoms with Gasteiger partial charge in [0, 0.05) is 32.0 Å². The van der Waals surface area contributed by atoms with Gasteiger partial charge in [-0.3, -0.25) is 4.79 Å². The summed E-state index contributed by atoms with van der Waals surface area (Å²) in [5.74, 6) is 0.297. The first-order valence-electron chi connectivity index (χ1n) is 10.8. The van der Waals surface area contributed by atoms with Gasteiger partial charge in [-0.05, 0) is 58.3 Å². The highest BCUT2D eigenvalue weighted by molar-refractivity contribution is 5.69. The highest BCUT2D eigenvalue weighted by Gasteiger charge is 2.46. The van der Waals surface area contributed by atoms with Gasteiger partial charge < -0.3 is 24.1 Å². The molecule has 0 aromatic carbocycles. The van der Waals surface area contributed by atoms with Crippen LogP contribution in [0.25, 0.3) is 0 Å². The third-order valence-electron chi connectivity index (χ3n) is 6.11. The zero-order valence-electron chi connectivity index (χ0n) is 16.8. The van der Waals surface area contributed by atoms with Gasteiger partial charge in [0.1, 0.15) is 0 Å². The summed E-state index contributed by atoms with van der Waals surface area (Å²) in [5, 5.41) is 9.99. The van der Waals surface area contributed by atoms with Crippen molar-refractivity contribution in [3.8, 4) is 0 Å². The number of rotatable bonds is 7. The van der Waals surface area contributed by atoms with Crippen molar-refractivity contribution >= 4 is 5.97 Å². The molecule has 2 aliphatic heterocycles. The van der Waals surface area contributed by atoms with Gasteiger partial charge in [0.2, 0.25) is 0 Å². The molecule has 0 aromatic rings. The Morgan fingerprint density at radius 2 is 2.04 bits per heavy atom. The van der Waals surface area contributed by atoms with Gasteiger partial charge in [-0.2, -0.15) is 0 Å². The van der Waals surface area contributed by atoms with E-state index < -0.39 is 0 Å². The minimum atomic E-state index is -0.148. The molecule has 2 saturated heterocycles. The van der Waals surface area contributed by atoms with Crippen LogP contribution in [-0.2, 0) is 23.7 Å². The Labute approximate surface area is 162 Å². The Hall–Kier alpha value is -0.690. The molecule has 0 amide bonds. The van der Waals surface area contributed by atoms with Crippen molar-refractivity contribution in [3.63, 3.8) is 0 Å². The number of hydrogen-bond acceptors (Lipinski definition) is 6. The molecule has 2 heterocycles. The van der Waals surface area contributed by atoms with Crippen molar-refractivity contribution in [1.82, 2.24) is 0 Å². The summed E-state index contributed by atoms with van der Waals surface area (Å²) in [5.41, 5.74) is 0. The van der Waals surface area contributed by atoms with E-state index in [0.717, 1.165) is 51.6 Å². The fourth-order valence-corrected chi connectivity index (χ4v) is 4.82. The average molecular weight is 385 g/mol. The standard InChI is InChI=1S/C21H36O6/c1-14(2)25-20(23)10-9-15-6-5-7-16-17(13-22)19(12-18(16)26-15)27-21-8-3-4-11-24-21/h14-19,21-22H,3-13H2,1-2H3/t15-,16-,17-,18+,19-,21?/m1/s1. The zero-order chi connectivity index (χ0) is 19.2. The van der Waals surface area contributed by atoms with E-state index in [-0.39, 0.29) is 49.2 Å². The second-order valence-corrected chi connectivity index (χ2v) is 8.52. The highest BCUT2D eigenvalue weighted by atomic mass is 16.7. The summed E-state index contributed by atoms with van der Waals surface area (Å²) in [6.45, 7) is 4.63. The minimum absolute atomic E-state index is 0.00208. The molecule has 1 N–H and O–H groups in total. The minimum Gasteiger partial charge on any atom is -0.463 e. The fraction of sp³-hybridized carbons (Fsp3) is 0.952. The van der Waals surface area contributed by atoms with Crippen LogP contribution >= 0.6 is 0 Å². The first-order valence-corrected chi connectivity index (χ1v) is 10.8. The molecular weight excluding hydrogens is 348 g/mol. The predicted octanol–water partition coefficient (Wildman–Crippen LogP) is 3.20. The van der Waals surface area contributed by atoms with Crippen LogP contribution < -0.4 is 0 Å². The van der Waals surface area contributed by atoms with Gasteiger partial charge in [0.15, 0.2) is 6.29 Å². The lowest BCUT2D eigenvalue weighted by molar-refractivity contribution is -0.198. The molecule has 156 valence electrons. The maximum Gasteiger partial charge on any atom is 0.306 e. The molecule has 1 saturated carbocycles. The quantitative estimate of drug-likeness (QED) is 0.680. The number of carbonyl (C=O) groups is 1. The Balaban J connectivity index is 1.52. The molecule has 3 fully saturated rings. The Morgan fingerprint density at radius 1 is 1.19 bits per heavy atom. The summed E-state index contributed by atoms with van der Waals surface area (Å²) >= 11 is 0. The van der Waals surface area contributed by atoms with E-state index in [4.69, 9.17) is 18.9 Å².